The summed E-state index contributed by atoms with van der Waals surface area (Å²) in [5, 5.41) is 14.6. The topological polar surface area (TPSA) is 102 Å². The molecule has 4 N–H and O–H groups in total. The van der Waals surface area contributed by atoms with E-state index in [1.807, 2.05) is 12.1 Å². The van der Waals surface area contributed by atoms with E-state index >= 15 is 0 Å². The van der Waals surface area contributed by atoms with Crippen LogP contribution in [-0.2, 0) is 17.6 Å². The number of halogens is 3. The van der Waals surface area contributed by atoms with Crippen molar-refractivity contribution in [1.29, 1.82) is 0 Å². The molecular formula is C31H31F3N2O4. The summed E-state index contributed by atoms with van der Waals surface area (Å²) in [7, 11) is 0. The largest absolute Gasteiger partial charge is 0.487 e. The number of nitrogens with one attached hydrogen (secondary N) is 1. The number of aliphatic carboxylic acids is 1. The van der Waals surface area contributed by atoms with Gasteiger partial charge in [-0.3, -0.25) is 4.79 Å². The molecule has 0 spiro atoms. The standard InChI is InChI=1S/C31H31F3N2O4/c32-31(33,34)22-8-5-18(6-9-22)16-40-25-23-4-2-1-3-21(23)7-10-24(25)27(37)36-26(28(38)39)29-12-19-11-20(13-29)15-30(35,14-19)17-29/h1-10,19-20,26H,11-17,35H2,(H,36,37)(H,38,39). The van der Waals surface area contributed by atoms with Gasteiger partial charge in [0.2, 0.25) is 0 Å². The first-order valence-corrected chi connectivity index (χ1v) is 13.6. The molecule has 0 aromatic heterocycles. The van der Waals surface area contributed by atoms with Crippen molar-refractivity contribution < 1.29 is 32.6 Å². The van der Waals surface area contributed by atoms with Gasteiger partial charge in [0.15, 0.2) is 0 Å². The molecule has 6 nitrogen and oxygen atoms in total. The SMILES string of the molecule is NC12CC3CC(C1)CC(C(NC(=O)c1ccc4ccccc4c1OCc1ccc(C(F)(F)F)cc1)C(=O)O)(C3)C2. The third kappa shape index (κ3) is 4.80. The highest BCUT2D eigenvalue weighted by Crippen LogP contribution is 2.62. The first-order valence-electron chi connectivity index (χ1n) is 13.6. The lowest BCUT2D eigenvalue weighted by molar-refractivity contribution is -0.152. The molecule has 210 valence electrons. The Bertz CT molecular complexity index is 1460. The van der Waals surface area contributed by atoms with Gasteiger partial charge in [-0.1, -0.05) is 42.5 Å². The summed E-state index contributed by atoms with van der Waals surface area (Å²) in [5.74, 6) is -0.656. The molecule has 4 saturated carbocycles. The van der Waals surface area contributed by atoms with Gasteiger partial charge in [-0.2, -0.15) is 13.2 Å². The van der Waals surface area contributed by atoms with Crippen molar-refractivity contribution in [1.82, 2.24) is 5.32 Å². The van der Waals surface area contributed by atoms with E-state index in [0.29, 0.717) is 29.2 Å². The Morgan fingerprint density at radius 2 is 1.68 bits per heavy atom. The average molecular weight is 553 g/mol. The van der Waals surface area contributed by atoms with Crippen molar-refractivity contribution in [2.45, 2.75) is 62.9 Å². The molecule has 0 radical (unpaired) electrons. The molecule has 0 heterocycles. The molecule has 4 aliphatic rings. The Morgan fingerprint density at radius 3 is 2.30 bits per heavy atom. The van der Waals surface area contributed by atoms with E-state index in [9.17, 15) is 27.9 Å². The Balaban J connectivity index is 1.29. The quantitative estimate of drug-likeness (QED) is 0.338. The van der Waals surface area contributed by atoms with Gasteiger partial charge in [0.1, 0.15) is 18.4 Å². The summed E-state index contributed by atoms with van der Waals surface area (Å²) in [4.78, 5) is 26.4. The monoisotopic (exact) mass is 552 g/mol. The van der Waals surface area contributed by atoms with Crippen molar-refractivity contribution in [3.05, 3.63) is 77.4 Å². The van der Waals surface area contributed by atoms with E-state index in [-0.39, 0.29) is 23.5 Å². The molecule has 3 atom stereocenters. The molecule has 4 fully saturated rings. The van der Waals surface area contributed by atoms with Gasteiger partial charge in [-0.15, -0.1) is 0 Å². The number of carboxylic acid groups (broad SMARTS) is 1. The lowest BCUT2D eigenvalue weighted by Gasteiger charge is -2.62. The normalized spacial score (nSPS) is 27.9. The van der Waals surface area contributed by atoms with Crippen LogP contribution >= 0.6 is 0 Å². The van der Waals surface area contributed by atoms with E-state index in [2.05, 4.69) is 5.32 Å². The maximum atomic E-state index is 13.8. The van der Waals surface area contributed by atoms with Crippen LogP contribution in [0, 0.1) is 17.3 Å². The number of rotatable bonds is 7. The lowest BCUT2D eigenvalue weighted by Crippen LogP contribution is -2.66. The van der Waals surface area contributed by atoms with Gasteiger partial charge in [0.05, 0.1) is 11.1 Å². The third-order valence-electron chi connectivity index (χ3n) is 9.08. The Kier molecular flexibility index (Phi) is 6.33. The number of benzene rings is 3. The maximum Gasteiger partial charge on any atom is 0.416 e. The van der Waals surface area contributed by atoms with Gasteiger partial charge in [-0.25, -0.2) is 4.79 Å². The highest BCUT2D eigenvalue weighted by atomic mass is 19.4. The van der Waals surface area contributed by atoms with E-state index in [1.54, 1.807) is 24.3 Å². The molecule has 7 rings (SSSR count). The molecule has 3 unspecified atom stereocenters. The van der Waals surface area contributed by atoms with Gasteiger partial charge in [-0.05, 0) is 79.5 Å². The van der Waals surface area contributed by atoms with Gasteiger partial charge < -0.3 is 20.9 Å². The molecule has 4 aliphatic carbocycles. The van der Waals surface area contributed by atoms with Crippen LogP contribution in [0.25, 0.3) is 10.8 Å². The number of hydrogen-bond donors (Lipinski definition) is 3. The van der Waals surface area contributed by atoms with Crippen molar-refractivity contribution in [2.75, 3.05) is 0 Å². The van der Waals surface area contributed by atoms with Crippen LogP contribution in [-0.4, -0.2) is 28.6 Å². The number of nitrogens with two attached hydrogens (primary N) is 1. The number of amides is 1. The van der Waals surface area contributed by atoms with E-state index < -0.39 is 35.1 Å². The Morgan fingerprint density at radius 1 is 1.00 bits per heavy atom. The number of carbonyl (C=O) groups is 2. The van der Waals surface area contributed by atoms with Crippen molar-refractivity contribution >= 4 is 22.6 Å². The predicted octanol–water partition coefficient (Wildman–Crippen LogP) is 5.92. The van der Waals surface area contributed by atoms with Gasteiger partial charge in [0, 0.05) is 16.3 Å². The number of ether oxygens (including phenoxy) is 1. The number of carboxylic acids is 1. The minimum atomic E-state index is -4.44. The Labute approximate surface area is 229 Å². The number of fused-ring (bicyclic) bond motifs is 1. The zero-order valence-electron chi connectivity index (χ0n) is 21.8. The van der Waals surface area contributed by atoms with Crippen LogP contribution in [0.1, 0.15) is 60.0 Å². The zero-order valence-corrected chi connectivity index (χ0v) is 21.8. The fraction of sp³-hybridized carbons (Fsp3) is 0.419. The molecule has 40 heavy (non-hydrogen) atoms. The van der Waals surface area contributed by atoms with Crippen molar-refractivity contribution in [3.63, 3.8) is 0 Å². The molecule has 3 aromatic rings. The number of carbonyl (C=O) groups excluding carboxylic acids is 1. The number of alkyl halides is 3. The first kappa shape index (κ1) is 26.6. The predicted molar refractivity (Wildman–Crippen MR) is 143 cm³/mol. The molecule has 1 amide bonds. The van der Waals surface area contributed by atoms with Crippen LogP contribution in [0.5, 0.6) is 5.75 Å². The maximum absolute atomic E-state index is 13.8. The lowest BCUT2D eigenvalue weighted by atomic mass is 9.45. The molecular weight excluding hydrogens is 521 g/mol. The summed E-state index contributed by atoms with van der Waals surface area (Å²) in [5.41, 5.74) is 5.63. The minimum absolute atomic E-state index is 0.0717. The third-order valence-corrected chi connectivity index (χ3v) is 9.08. The second-order valence-corrected chi connectivity index (χ2v) is 12.1. The summed E-state index contributed by atoms with van der Waals surface area (Å²) < 4.78 is 45.0. The Hall–Kier alpha value is -3.59. The van der Waals surface area contributed by atoms with E-state index in [1.165, 1.54) is 12.1 Å². The highest BCUT2D eigenvalue weighted by Gasteiger charge is 2.60. The van der Waals surface area contributed by atoms with Crippen LogP contribution in [0.15, 0.2) is 60.7 Å². The van der Waals surface area contributed by atoms with Crippen LogP contribution in [0.2, 0.25) is 0 Å². The first-order chi connectivity index (χ1) is 18.9. The molecule has 3 aromatic carbocycles. The second kappa shape index (κ2) is 9.51. The average Bonchev–Trinajstić information content (AvgIpc) is 2.88. The molecule has 4 bridgehead atoms. The zero-order chi connectivity index (χ0) is 28.3. The summed E-state index contributed by atoms with van der Waals surface area (Å²) in [6.07, 6.45) is 0.452. The van der Waals surface area contributed by atoms with E-state index in [4.69, 9.17) is 10.5 Å². The molecule has 0 saturated heterocycles. The minimum Gasteiger partial charge on any atom is -0.487 e. The fourth-order valence-corrected chi connectivity index (χ4v) is 7.95. The van der Waals surface area contributed by atoms with Crippen LogP contribution < -0.4 is 15.8 Å². The van der Waals surface area contributed by atoms with E-state index in [0.717, 1.165) is 49.6 Å². The second-order valence-electron chi connectivity index (χ2n) is 12.1. The number of hydrogen-bond acceptors (Lipinski definition) is 4. The smallest absolute Gasteiger partial charge is 0.416 e. The van der Waals surface area contributed by atoms with Crippen LogP contribution in [0.3, 0.4) is 0 Å². The fourth-order valence-electron chi connectivity index (χ4n) is 7.95. The van der Waals surface area contributed by atoms with Crippen LogP contribution in [0.4, 0.5) is 13.2 Å². The van der Waals surface area contributed by atoms with Crippen molar-refractivity contribution in [3.8, 4) is 5.75 Å². The summed E-state index contributed by atoms with van der Waals surface area (Å²) in [6, 6.07) is 14.2. The highest BCUT2D eigenvalue weighted by molar-refractivity contribution is 6.05. The molecule has 9 heteroatoms. The summed E-state index contributed by atoms with van der Waals surface area (Å²) >= 11 is 0. The van der Waals surface area contributed by atoms with Gasteiger partial charge >= 0.3 is 12.1 Å². The summed E-state index contributed by atoms with van der Waals surface area (Å²) in [6.45, 7) is -0.0717. The molecule has 0 aliphatic heterocycles. The van der Waals surface area contributed by atoms with Crippen molar-refractivity contribution in [2.24, 2.45) is 23.0 Å². The van der Waals surface area contributed by atoms with Gasteiger partial charge in [0.25, 0.3) is 5.91 Å².